The summed E-state index contributed by atoms with van der Waals surface area (Å²) in [6, 6.07) is 47.7. The number of hydrogen-bond donors (Lipinski definition) is 0. The van der Waals surface area contributed by atoms with E-state index in [-0.39, 0.29) is 11.3 Å². The Morgan fingerprint density at radius 2 is 1.10 bits per heavy atom. The van der Waals surface area contributed by atoms with Crippen molar-refractivity contribution in [2.45, 2.75) is 56.3 Å². The van der Waals surface area contributed by atoms with E-state index in [9.17, 15) is 0 Å². The predicted octanol–water partition coefficient (Wildman–Crippen LogP) is 13.0. The Balaban J connectivity index is 0.966. The Morgan fingerprint density at radius 3 is 1.90 bits per heavy atom. The molecule has 51 heavy (non-hydrogen) atoms. The largest absolute Gasteiger partial charge is 0.456 e. The van der Waals surface area contributed by atoms with Gasteiger partial charge in [0.2, 0.25) is 0 Å². The maximum absolute atomic E-state index is 6.43. The monoisotopic (exact) mass is 660 g/mol. The van der Waals surface area contributed by atoms with Gasteiger partial charge in [-0.2, -0.15) is 0 Å². The Kier molecular flexibility index (Phi) is 5.88. The molecule has 4 fully saturated rings. The molecule has 2 heterocycles. The van der Waals surface area contributed by atoms with Crippen molar-refractivity contribution in [1.29, 1.82) is 0 Å². The molecular formula is C49H40O2. The van der Waals surface area contributed by atoms with Crippen molar-refractivity contribution >= 4 is 43.9 Å². The zero-order valence-electron chi connectivity index (χ0n) is 28.8. The first-order valence-corrected chi connectivity index (χ1v) is 19.3. The summed E-state index contributed by atoms with van der Waals surface area (Å²) in [6.45, 7) is 0. The Morgan fingerprint density at radius 1 is 0.490 bits per heavy atom. The average molecular weight is 661 g/mol. The summed E-state index contributed by atoms with van der Waals surface area (Å²) in [5.74, 6) is 3.68. The number of para-hydroxylation sites is 2. The lowest BCUT2D eigenvalue weighted by atomic mass is 9.43. The number of aryl methyl sites for hydroxylation is 1. The van der Waals surface area contributed by atoms with Crippen LogP contribution in [0.25, 0.3) is 55.0 Å². The van der Waals surface area contributed by atoms with Gasteiger partial charge in [-0.3, -0.25) is 0 Å². The van der Waals surface area contributed by atoms with Gasteiger partial charge in [0, 0.05) is 32.9 Å². The first-order chi connectivity index (χ1) is 25.2. The molecule has 13 rings (SSSR count). The van der Waals surface area contributed by atoms with Gasteiger partial charge in [-0.25, -0.2) is 0 Å². The summed E-state index contributed by atoms with van der Waals surface area (Å²) in [4.78, 5) is 0. The van der Waals surface area contributed by atoms with Gasteiger partial charge in [-0.15, -0.1) is 0 Å². The highest BCUT2D eigenvalue weighted by Gasteiger charge is 2.61. The fraction of sp³-hybridized carbons (Fsp3) is 0.265. The van der Waals surface area contributed by atoms with E-state index >= 15 is 0 Å². The third kappa shape index (κ3) is 4.00. The van der Waals surface area contributed by atoms with Crippen LogP contribution in [0.15, 0.2) is 136 Å². The van der Waals surface area contributed by atoms with Gasteiger partial charge < -0.3 is 8.83 Å². The third-order valence-electron chi connectivity index (χ3n) is 13.9. The first-order valence-electron chi connectivity index (χ1n) is 19.3. The molecule has 1 atom stereocenters. The second kappa shape index (κ2) is 10.5. The molecule has 2 heteroatoms. The van der Waals surface area contributed by atoms with Crippen molar-refractivity contribution in [2.24, 2.45) is 23.7 Å². The molecular weight excluding hydrogens is 621 g/mol. The van der Waals surface area contributed by atoms with Crippen LogP contribution in [0, 0.1) is 23.7 Å². The van der Waals surface area contributed by atoms with E-state index in [4.69, 9.17) is 8.83 Å². The molecule has 1 unspecified atom stereocenters. The lowest BCUT2D eigenvalue weighted by Gasteiger charge is -2.61. The molecule has 0 amide bonds. The minimum absolute atomic E-state index is 0.203. The van der Waals surface area contributed by atoms with E-state index in [2.05, 4.69) is 127 Å². The second-order valence-electron chi connectivity index (χ2n) is 16.4. The maximum Gasteiger partial charge on any atom is 0.135 e. The molecule has 2 nitrogen and oxygen atoms in total. The highest BCUT2D eigenvalue weighted by Crippen LogP contribution is 2.69. The van der Waals surface area contributed by atoms with Crippen LogP contribution in [0.1, 0.15) is 72.3 Å². The van der Waals surface area contributed by atoms with E-state index in [0.29, 0.717) is 0 Å². The number of rotatable bonds is 5. The van der Waals surface area contributed by atoms with Gasteiger partial charge >= 0.3 is 0 Å². The first kappa shape index (κ1) is 28.6. The van der Waals surface area contributed by atoms with Crippen LogP contribution in [-0.2, 0) is 11.8 Å². The van der Waals surface area contributed by atoms with Crippen LogP contribution in [0.5, 0.6) is 0 Å². The quantitative estimate of drug-likeness (QED) is 0.184. The smallest absolute Gasteiger partial charge is 0.135 e. The van der Waals surface area contributed by atoms with Crippen molar-refractivity contribution in [3.05, 3.63) is 155 Å². The highest BCUT2D eigenvalue weighted by molar-refractivity contribution is 6.06. The van der Waals surface area contributed by atoms with E-state index in [1.165, 1.54) is 81.5 Å². The Bertz CT molecular complexity index is 2660. The van der Waals surface area contributed by atoms with Crippen molar-refractivity contribution in [1.82, 2.24) is 0 Å². The van der Waals surface area contributed by atoms with Crippen molar-refractivity contribution in [3.8, 4) is 11.1 Å². The normalized spacial score (nSPS) is 25.0. The summed E-state index contributed by atoms with van der Waals surface area (Å²) < 4.78 is 12.7. The topological polar surface area (TPSA) is 26.3 Å². The number of furan rings is 2. The molecule has 6 aromatic carbocycles. The number of fused-ring (bicyclic) bond motifs is 9. The van der Waals surface area contributed by atoms with Gasteiger partial charge in [0.05, 0.1) is 0 Å². The SMILES string of the molecule is c1ccc2c(c1)-c1ccc(CCC(c3ccc4c(c3)oc3ccccc34)c3ccc4oc5ccccc5c4c3)cc1C21C2CC3CC(C2)CC1C3. The maximum atomic E-state index is 6.43. The van der Waals surface area contributed by atoms with E-state index < -0.39 is 0 Å². The van der Waals surface area contributed by atoms with Gasteiger partial charge in [0.1, 0.15) is 22.3 Å². The fourth-order valence-corrected chi connectivity index (χ4v) is 12.1. The van der Waals surface area contributed by atoms with Gasteiger partial charge in [0.25, 0.3) is 0 Å². The molecule has 5 aliphatic rings. The van der Waals surface area contributed by atoms with Crippen LogP contribution >= 0.6 is 0 Å². The van der Waals surface area contributed by atoms with E-state index in [1.54, 1.807) is 11.1 Å². The molecule has 0 saturated heterocycles. The summed E-state index contributed by atoms with van der Waals surface area (Å²) >= 11 is 0. The summed E-state index contributed by atoms with van der Waals surface area (Å²) in [7, 11) is 0. The van der Waals surface area contributed by atoms with E-state index in [1.807, 2.05) is 0 Å². The van der Waals surface area contributed by atoms with Crippen LogP contribution < -0.4 is 0 Å². The molecule has 4 saturated carbocycles. The molecule has 8 aromatic rings. The molecule has 5 aliphatic carbocycles. The molecule has 4 bridgehead atoms. The summed E-state index contributed by atoms with van der Waals surface area (Å²) in [5.41, 5.74) is 14.4. The van der Waals surface area contributed by atoms with E-state index in [0.717, 1.165) is 58.8 Å². The van der Waals surface area contributed by atoms with Crippen LogP contribution in [0.4, 0.5) is 0 Å². The van der Waals surface area contributed by atoms with Crippen molar-refractivity contribution in [2.75, 3.05) is 0 Å². The lowest BCUT2D eigenvalue weighted by Crippen LogP contribution is -2.55. The minimum atomic E-state index is 0.203. The standard InChI is InChI=1S/C49H40O2/c1-4-10-43-37(7-1)38-18-14-29(26-44(38)49(43)34-22-30-21-31(24-34)25-35(49)23-30)13-17-36(32-16-20-47-42(27-32)40-9-3-6-12-46(40)50-47)33-15-19-41-39-8-2-5-11-45(39)51-48(41)28-33/h1-12,14-16,18-20,26-28,30-31,34-36H,13,17,21-25H2. The average Bonchev–Trinajstić information content (AvgIpc) is 3.81. The molecule has 0 aliphatic heterocycles. The summed E-state index contributed by atoms with van der Waals surface area (Å²) in [6.07, 6.45) is 9.20. The van der Waals surface area contributed by atoms with Crippen molar-refractivity contribution < 1.29 is 8.83 Å². The Hall–Kier alpha value is -5.08. The molecule has 2 aromatic heterocycles. The highest BCUT2D eigenvalue weighted by atomic mass is 16.3. The summed E-state index contributed by atoms with van der Waals surface area (Å²) in [5, 5.41) is 4.74. The van der Waals surface area contributed by atoms with Crippen LogP contribution in [0.3, 0.4) is 0 Å². The van der Waals surface area contributed by atoms with Crippen LogP contribution in [-0.4, -0.2) is 0 Å². The zero-order chi connectivity index (χ0) is 33.3. The molecule has 1 spiro atoms. The molecule has 248 valence electrons. The lowest BCUT2D eigenvalue weighted by molar-refractivity contribution is -0.0399. The van der Waals surface area contributed by atoms with Gasteiger partial charge in [-0.1, -0.05) is 97.1 Å². The Labute approximate surface area is 298 Å². The van der Waals surface area contributed by atoms with Gasteiger partial charge in [-0.05, 0) is 138 Å². The predicted molar refractivity (Wildman–Crippen MR) is 207 cm³/mol. The van der Waals surface area contributed by atoms with Crippen LogP contribution in [0.2, 0.25) is 0 Å². The second-order valence-corrected chi connectivity index (χ2v) is 16.4. The third-order valence-corrected chi connectivity index (χ3v) is 13.9. The van der Waals surface area contributed by atoms with Gasteiger partial charge in [0.15, 0.2) is 0 Å². The molecule has 0 radical (unpaired) electrons. The zero-order valence-corrected chi connectivity index (χ0v) is 28.8. The molecule has 0 N–H and O–H groups in total. The minimum Gasteiger partial charge on any atom is -0.456 e. The number of benzene rings is 6. The number of hydrogen-bond acceptors (Lipinski definition) is 2. The fourth-order valence-electron chi connectivity index (χ4n) is 12.1. The van der Waals surface area contributed by atoms with Crippen molar-refractivity contribution in [3.63, 3.8) is 0 Å².